The molecular weight excluding hydrogens is 394 g/mol. The average Bonchev–Trinajstić information content (AvgIpc) is 2.61. The highest BCUT2D eigenvalue weighted by atomic mass is 32.2. The number of nitrogens with zero attached hydrogens (tertiary/aromatic N) is 4. The molecule has 0 saturated carbocycles. The highest BCUT2D eigenvalue weighted by Crippen LogP contribution is 2.34. The fourth-order valence-electron chi connectivity index (χ4n) is 1.97. The van der Waals surface area contributed by atoms with Crippen molar-refractivity contribution in [1.29, 1.82) is 0 Å². The first-order valence-electron chi connectivity index (χ1n) is 7.21. The van der Waals surface area contributed by atoms with Gasteiger partial charge in [0.15, 0.2) is 5.82 Å². The van der Waals surface area contributed by atoms with Crippen molar-refractivity contribution in [1.82, 2.24) is 19.9 Å². The lowest BCUT2D eigenvalue weighted by atomic mass is 10.2. The Kier molecular flexibility index (Phi) is 5.05. The zero-order chi connectivity index (χ0) is 19.7. The molecule has 0 amide bonds. The molecule has 0 spiro atoms. The van der Waals surface area contributed by atoms with Crippen LogP contribution in [-0.4, -0.2) is 19.9 Å². The van der Waals surface area contributed by atoms with Gasteiger partial charge in [-0.15, -0.1) is 0 Å². The van der Waals surface area contributed by atoms with Gasteiger partial charge in [-0.25, -0.2) is 15.0 Å². The van der Waals surface area contributed by atoms with Crippen molar-refractivity contribution >= 4 is 11.8 Å². The van der Waals surface area contributed by atoms with Gasteiger partial charge in [0.2, 0.25) is 0 Å². The van der Waals surface area contributed by atoms with Gasteiger partial charge in [-0.3, -0.25) is 4.98 Å². The molecule has 4 nitrogen and oxygen atoms in total. The van der Waals surface area contributed by atoms with E-state index in [1.165, 1.54) is 24.5 Å². The second-order valence-electron chi connectivity index (χ2n) is 5.13. The molecule has 0 bridgehead atoms. The zero-order valence-corrected chi connectivity index (χ0v) is 13.9. The van der Waals surface area contributed by atoms with Crippen molar-refractivity contribution in [3.05, 3.63) is 60.2 Å². The van der Waals surface area contributed by atoms with Gasteiger partial charge in [-0.05, 0) is 36.0 Å². The van der Waals surface area contributed by atoms with E-state index >= 15 is 0 Å². The molecule has 0 aliphatic carbocycles. The third kappa shape index (κ3) is 4.73. The predicted molar refractivity (Wildman–Crippen MR) is 83.6 cm³/mol. The Morgan fingerprint density at radius 3 is 2.04 bits per heavy atom. The van der Waals surface area contributed by atoms with E-state index in [4.69, 9.17) is 0 Å². The molecule has 11 heteroatoms. The summed E-state index contributed by atoms with van der Waals surface area (Å²) in [5.41, 5.74) is -1.81. The molecule has 0 atom stereocenters. The fraction of sp³-hybridized carbons (Fsp3) is 0.125. The topological polar surface area (TPSA) is 51.6 Å². The molecule has 0 unspecified atom stereocenters. The fourth-order valence-corrected chi connectivity index (χ4v) is 2.73. The molecule has 0 fully saturated rings. The summed E-state index contributed by atoms with van der Waals surface area (Å²) < 4.78 is 77.1. The van der Waals surface area contributed by atoms with Crippen LogP contribution in [-0.2, 0) is 12.4 Å². The molecule has 3 heterocycles. The molecule has 0 aliphatic heterocycles. The summed E-state index contributed by atoms with van der Waals surface area (Å²) in [5.74, 6) is -0.179. The van der Waals surface area contributed by atoms with Crippen LogP contribution >= 0.6 is 11.8 Å². The van der Waals surface area contributed by atoms with Gasteiger partial charge < -0.3 is 0 Å². The van der Waals surface area contributed by atoms with Crippen LogP contribution in [0.1, 0.15) is 11.3 Å². The van der Waals surface area contributed by atoms with Gasteiger partial charge in [-0.1, -0.05) is 0 Å². The highest BCUT2D eigenvalue weighted by molar-refractivity contribution is 7.99. The van der Waals surface area contributed by atoms with E-state index in [1.807, 2.05) is 0 Å². The van der Waals surface area contributed by atoms with Crippen LogP contribution in [0.5, 0.6) is 0 Å². The van der Waals surface area contributed by atoms with Gasteiger partial charge in [0.05, 0.1) is 5.56 Å². The molecule has 3 aromatic heterocycles. The van der Waals surface area contributed by atoms with E-state index in [1.54, 1.807) is 0 Å². The predicted octanol–water partition coefficient (Wildman–Crippen LogP) is 5.12. The molecule has 3 rings (SSSR count). The lowest BCUT2D eigenvalue weighted by Crippen LogP contribution is -2.10. The van der Waals surface area contributed by atoms with Crippen LogP contribution in [0.25, 0.3) is 11.4 Å². The van der Waals surface area contributed by atoms with Crippen LogP contribution < -0.4 is 0 Å². The van der Waals surface area contributed by atoms with Crippen LogP contribution in [0.15, 0.2) is 59.0 Å². The zero-order valence-electron chi connectivity index (χ0n) is 13.1. The maximum absolute atomic E-state index is 13.1. The molecule has 140 valence electrons. The molecule has 0 aromatic carbocycles. The SMILES string of the molecule is FC(F)(F)c1ccc(Sc2cc(C(F)(F)F)nc(-c3ccncc3)n2)nc1. The van der Waals surface area contributed by atoms with Crippen LogP contribution in [0.2, 0.25) is 0 Å². The summed E-state index contributed by atoms with van der Waals surface area (Å²) in [6.07, 6.45) is -5.90. The minimum Gasteiger partial charge on any atom is -0.265 e. The molecule has 0 radical (unpaired) electrons. The van der Waals surface area contributed by atoms with Crippen LogP contribution in [0, 0.1) is 0 Å². The van der Waals surface area contributed by atoms with E-state index in [9.17, 15) is 26.3 Å². The lowest BCUT2D eigenvalue weighted by molar-refractivity contribution is -0.141. The van der Waals surface area contributed by atoms with E-state index in [0.717, 1.165) is 12.1 Å². The summed E-state index contributed by atoms with van der Waals surface area (Å²) in [4.78, 5) is 15.0. The maximum Gasteiger partial charge on any atom is 0.433 e. The molecular formula is C16H8F6N4S. The number of hydrogen-bond donors (Lipinski definition) is 0. The summed E-state index contributed by atoms with van der Waals surface area (Å²) >= 11 is 0.701. The first-order valence-corrected chi connectivity index (χ1v) is 8.02. The average molecular weight is 402 g/mol. The van der Waals surface area contributed by atoms with Crippen LogP contribution in [0.4, 0.5) is 26.3 Å². The second kappa shape index (κ2) is 7.14. The Bertz CT molecular complexity index is 926. The van der Waals surface area contributed by atoms with E-state index in [-0.39, 0.29) is 15.9 Å². The quantitative estimate of drug-likeness (QED) is 0.450. The van der Waals surface area contributed by atoms with Crippen molar-refractivity contribution in [3.63, 3.8) is 0 Å². The second-order valence-corrected chi connectivity index (χ2v) is 6.17. The third-order valence-electron chi connectivity index (χ3n) is 3.20. The smallest absolute Gasteiger partial charge is 0.265 e. The van der Waals surface area contributed by atoms with Crippen molar-refractivity contribution < 1.29 is 26.3 Å². The maximum atomic E-state index is 13.1. The van der Waals surface area contributed by atoms with Gasteiger partial charge in [0, 0.05) is 30.2 Å². The standard InChI is InChI=1S/C16H8F6N4S/c17-15(18,19)10-1-2-12(24-8-10)27-13-7-11(16(20,21)22)25-14(26-13)9-3-5-23-6-4-9/h1-8H. The van der Waals surface area contributed by atoms with Crippen molar-refractivity contribution in [2.75, 3.05) is 0 Å². The van der Waals surface area contributed by atoms with Gasteiger partial charge in [0.1, 0.15) is 15.7 Å². The van der Waals surface area contributed by atoms with E-state index in [0.29, 0.717) is 29.6 Å². The molecule has 0 aliphatic rings. The molecule has 0 saturated heterocycles. The molecule has 3 aromatic rings. The van der Waals surface area contributed by atoms with E-state index < -0.39 is 23.6 Å². The number of pyridine rings is 2. The number of halogens is 6. The number of hydrogen-bond acceptors (Lipinski definition) is 5. The van der Waals surface area contributed by atoms with Crippen molar-refractivity contribution in [3.8, 4) is 11.4 Å². The Morgan fingerprint density at radius 1 is 0.778 bits per heavy atom. The molecule has 0 N–H and O–H groups in total. The summed E-state index contributed by atoms with van der Waals surface area (Å²) in [5, 5.41) is -0.0353. The van der Waals surface area contributed by atoms with E-state index in [2.05, 4.69) is 19.9 Å². The Labute approximate surface area is 152 Å². The largest absolute Gasteiger partial charge is 0.433 e. The minimum absolute atomic E-state index is 0.0653. The monoisotopic (exact) mass is 402 g/mol. The Balaban J connectivity index is 1.97. The molecule has 27 heavy (non-hydrogen) atoms. The Hall–Kier alpha value is -2.69. The van der Waals surface area contributed by atoms with Gasteiger partial charge in [-0.2, -0.15) is 26.3 Å². The normalized spacial score (nSPS) is 12.2. The highest BCUT2D eigenvalue weighted by Gasteiger charge is 2.34. The van der Waals surface area contributed by atoms with Crippen LogP contribution in [0.3, 0.4) is 0 Å². The summed E-state index contributed by atoms with van der Waals surface area (Å²) in [6.45, 7) is 0. The third-order valence-corrected chi connectivity index (χ3v) is 4.07. The van der Waals surface area contributed by atoms with Gasteiger partial charge >= 0.3 is 12.4 Å². The number of rotatable bonds is 3. The lowest BCUT2D eigenvalue weighted by Gasteiger charge is -2.10. The first kappa shape index (κ1) is 19.1. The van der Waals surface area contributed by atoms with Crippen molar-refractivity contribution in [2.24, 2.45) is 0 Å². The number of aromatic nitrogens is 4. The van der Waals surface area contributed by atoms with Gasteiger partial charge in [0.25, 0.3) is 0 Å². The Morgan fingerprint density at radius 2 is 1.48 bits per heavy atom. The summed E-state index contributed by atoms with van der Waals surface area (Å²) in [6, 6.07) is 5.47. The minimum atomic E-state index is -4.71. The number of alkyl halides is 6. The first-order chi connectivity index (χ1) is 12.6. The summed E-state index contributed by atoms with van der Waals surface area (Å²) in [7, 11) is 0. The van der Waals surface area contributed by atoms with Crippen molar-refractivity contribution in [2.45, 2.75) is 22.4 Å².